The number of carbonyl (C=O) groups excluding carboxylic acids is 1. The number of amides is 1. The van der Waals surface area contributed by atoms with Crippen LogP contribution in [0.4, 0.5) is 4.39 Å². The van der Waals surface area contributed by atoms with Crippen molar-refractivity contribution < 1.29 is 17.6 Å². The third-order valence-electron chi connectivity index (χ3n) is 5.66. The maximum atomic E-state index is 13.4. The molecule has 0 aliphatic carbocycles. The standard InChI is InChI=1S/C24H23FN4O3S2/c25-20-9-7-18(8-10-20)24(21-5-3-15-33-21)27-23(30)17-28-11-13-29(14-12-28)34(31,32)22-6-2-1-4-19(22)16-26/h1-10,15,24H,11-14,17H2,(H,27,30)/t24-/m1/s1. The van der Waals surface area contributed by atoms with Crippen LogP contribution in [-0.4, -0.2) is 56.3 Å². The molecule has 1 aliphatic rings. The highest BCUT2D eigenvalue weighted by atomic mass is 32.2. The third kappa shape index (κ3) is 5.34. The maximum Gasteiger partial charge on any atom is 0.244 e. The van der Waals surface area contributed by atoms with Gasteiger partial charge in [0.05, 0.1) is 23.0 Å². The lowest BCUT2D eigenvalue weighted by molar-refractivity contribution is -0.123. The molecule has 1 fully saturated rings. The van der Waals surface area contributed by atoms with E-state index in [0.29, 0.717) is 13.1 Å². The molecule has 2 heterocycles. The van der Waals surface area contributed by atoms with Crippen molar-refractivity contribution in [2.24, 2.45) is 0 Å². The summed E-state index contributed by atoms with van der Waals surface area (Å²) in [6, 6.07) is 17.5. The van der Waals surface area contributed by atoms with Gasteiger partial charge in [0.1, 0.15) is 11.9 Å². The fourth-order valence-electron chi connectivity index (χ4n) is 3.89. The van der Waals surface area contributed by atoms with Gasteiger partial charge >= 0.3 is 0 Å². The maximum absolute atomic E-state index is 13.4. The summed E-state index contributed by atoms with van der Waals surface area (Å²) in [5.41, 5.74) is 0.897. The highest BCUT2D eigenvalue weighted by Crippen LogP contribution is 2.26. The summed E-state index contributed by atoms with van der Waals surface area (Å²) in [6.45, 7) is 1.35. The molecule has 1 amide bonds. The minimum atomic E-state index is -3.79. The van der Waals surface area contributed by atoms with Crippen molar-refractivity contribution in [2.45, 2.75) is 10.9 Å². The molecule has 4 rings (SSSR count). The Labute approximate surface area is 202 Å². The highest BCUT2D eigenvalue weighted by Gasteiger charge is 2.31. The zero-order valence-electron chi connectivity index (χ0n) is 18.2. The van der Waals surface area contributed by atoms with E-state index < -0.39 is 16.1 Å². The molecule has 2 aromatic carbocycles. The van der Waals surface area contributed by atoms with E-state index in [1.54, 1.807) is 24.3 Å². The average molecular weight is 499 g/mol. The SMILES string of the molecule is N#Cc1ccccc1S(=O)(=O)N1CCN(CC(=O)N[C@H](c2ccc(F)cc2)c2cccs2)CC1. The zero-order chi connectivity index (χ0) is 24.1. The van der Waals surface area contributed by atoms with Crippen molar-refractivity contribution in [1.29, 1.82) is 5.26 Å². The molecule has 0 radical (unpaired) electrons. The van der Waals surface area contributed by atoms with Gasteiger partial charge in [-0.3, -0.25) is 9.69 Å². The zero-order valence-corrected chi connectivity index (χ0v) is 19.9. The topological polar surface area (TPSA) is 93.5 Å². The first kappa shape index (κ1) is 24.0. The van der Waals surface area contributed by atoms with Crippen molar-refractivity contribution in [3.8, 4) is 6.07 Å². The molecule has 3 aromatic rings. The minimum absolute atomic E-state index is 0.00165. The van der Waals surface area contributed by atoms with E-state index in [1.807, 2.05) is 28.5 Å². The fourth-order valence-corrected chi connectivity index (χ4v) is 6.26. The Morgan fingerprint density at radius 3 is 2.41 bits per heavy atom. The van der Waals surface area contributed by atoms with Crippen LogP contribution in [0, 0.1) is 17.1 Å². The van der Waals surface area contributed by atoms with Gasteiger partial charge < -0.3 is 5.32 Å². The normalized spacial score (nSPS) is 16.0. The summed E-state index contributed by atoms with van der Waals surface area (Å²) >= 11 is 1.50. The van der Waals surface area contributed by atoms with Crippen molar-refractivity contribution in [3.05, 3.63) is 87.9 Å². The Kier molecular flexibility index (Phi) is 7.38. The molecule has 0 bridgehead atoms. The van der Waals surface area contributed by atoms with Crippen LogP contribution < -0.4 is 5.32 Å². The molecule has 10 heteroatoms. The second-order valence-corrected chi connectivity index (χ2v) is 10.7. The Bertz CT molecular complexity index is 1280. The molecular formula is C24H23FN4O3S2. The summed E-state index contributed by atoms with van der Waals surface area (Å²) in [6.07, 6.45) is 0. The van der Waals surface area contributed by atoms with E-state index >= 15 is 0 Å². The monoisotopic (exact) mass is 498 g/mol. The van der Waals surface area contributed by atoms with Gasteiger partial charge in [-0.25, -0.2) is 12.8 Å². The third-order valence-corrected chi connectivity index (χ3v) is 8.55. The van der Waals surface area contributed by atoms with E-state index in [-0.39, 0.29) is 41.8 Å². The largest absolute Gasteiger partial charge is 0.343 e. The van der Waals surface area contributed by atoms with Gasteiger partial charge in [0.25, 0.3) is 0 Å². The summed E-state index contributed by atoms with van der Waals surface area (Å²) in [7, 11) is -3.79. The number of rotatable bonds is 7. The molecule has 1 saturated heterocycles. The highest BCUT2D eigenvalue weighted by molar-refractivity contribution is 7.89. The molecule has 1 aliphatic heterocycles. The number of piperazine rings is 1. The van der Waals surface area contributed by atoms with Crippen molar-refractivity contribution in [1.82, 2.24) is 14.5 Å². The quantitative estimate of drug-likeness (QED) is 0.541. The number of carbonyl (C=O) groups is 1. The van der Waals surface area contributed by atoms with Crippen LogP contribution in [0.2, 0.25) is 0 Å². The Morgan fingerprint density at radius 1 is 1.06 bits per heavy atom. The fraction of sp³-hybridized carbons (Fsp3) is 0.250. The molecule has 0 saturated carbocycles. The smallest absolute Gasteiger partial charge is 0.244 e. The van der Waals surface area contributed by atoms with Crippen molar-refractivity contribution >= 4 is 27.3 Å². The predicted octanol–water partition coefficient (Wildman–Crippen LogP) is 2.97. The number of hydrogen-bond acceptors (Lipinski definition) is 6. The van der Waals surface area contributed by atoms with Crippen LogP contribution in [0.3, 0.4) is 0 Å². The van der Waals surface area contributed by atoms with Gasteiger partial charge in [0.2, 0.25) is 15.9 Å². The Morgan fingerprint density at radius 2 is 1.76 bits per heavy atom. The molecule has 1 atom stereocenters. The lowest BCUT2D eigenvalue weighted by atomic mass is 10.1. The van der Waals surface area contributed by atoms with Gasteiger partial charge in [-0.2, -0.15) is 9.57 Å². The predicted molar refractivity (Wildman–Crippen MR) is 127 cm³/mol. The van der Waals surface area contributed by atoms with E-state index in [4.69, 9.17) is 0 Å². The molecule has 0 unspecified atom stereocenters. The van der Waals surface area contributed by atoms with E-state index in [0.717, 1.165) is 10.4 Å². The van der Waals surface area contributed by atoms with Crippen LogP contribution in [0.5, 0.6) is 0 Å². The van der Waals surface area contributed by atoms with Crippen LogP contribution >= 0.6 is 11.3 Å². The first-order valence-electron chi connectivity index (χ1n) is 10.7. The van der Waals surface area contributed by atoms with Gasteiger partial charge in [-0.05, 0) is 41.3 Å². The molecule has 7 nitrogen and oxygen atoms in total. The van der Waals surface area contributed by atoms with Crippen LogP contribution in [0.1, 0.15) is 22.0 Å². The molecular weight excluding hydrogens is 475 g/mol. The summed E-state index contributed by atoms with van der Waals surface area (Å²) in [4.78, 5) is 15.7. The number of benzene rings is 2. The van der Waals surface area contributed by atoms with E-state index in [1.165, 1.54) is 39.9 Å². The number of nitriles is 1. The number of hydrogen-bond donors (Lipinski definition) is 1. The van der Waals surface area contributed by atoms with Gasteiger partial charge in [0.15, 0.2) is 0 Å². The second kappa shape index (κ2) is 10.4. The van der Waals surface area contributed by atoms with Crippen molar-refractivity contribution in [2.75, 3.05) is 32.7 Å². The average Bonchev–Trinajstić information content (AvgIpc) is 3.38. The second-order valence-electron chi connectivity index (χ2n) is 7.86. The van der Waals surface area contributed by atoms with Crippen LogP contribution in [0.15, 0.2) is 70.9 Å². The molecule has 1 aromatic heterocycles. The van der Waals surface area contributed by atoms with E-state index in [2.05, 4.69) is 5.32 Å². The number of thiophene rings is 1. The summed E-state index contributed by atoms with van der Waals surface area (Å²) < 4.78 is 40.7. The lowest BCUT2D eigenvalue weighted by Crippen LogP contribution is -2.51. The minimum Gasteiger partial charge on any atom is -0.343 e. The number of nitrogens with zero attached hydrogens (tertiary/aromatic N) is 3. The molecule has 0 spiro atoms. The van der Waals surface area contributed by atoms with Gasteiger partial charge in [-0.1, -0.05) is 30.3 Å². The number of sulfonamides is 1. The summed E-state index contributed by atoms with van der Waals surface area (Å²) in [5.74, 6) is -0.543. The summed E-state index contributed by atoms with van der Waals surface area (Å²) in [5, 5.41) is 14.2. The lowest BCUT2D eigenvalue weighted by Gasteiger charge is -2.34. The first-order chi connectivity index (χ1) is 16.4. The molecule has 176 valence electrons. The first-order valence-corrected chi connectivity index (χ1v) is 13.0. The van der Waals surface area contributed by atoms with Crippen LogP contribution in [-0.2, 0) is 14.8 Å². The van der Waals surface area contributed by atoms with Gasteiger partial charge in [-0.15, -0.1) is 11.3 Å². The Balaban J connectivity index is 1.38. The van der Waals surface area contributed by atoms with Crippen LogP contribution in [0.25, 0.3) is 0 Å². The van der Waals surface area contributed by atoms with Crippen molar-refractivity contribution in [3.63, 3.8) is 0 Å². The number of nitrogens with one attached hydrogen (secondary N) is 1. The molecule has 1 N–H and O–H groups in total. The van der Waals surface area contributed by atoms with E-state index in [9.17, 15) is 22.9 Å². The van der Waals surface area contributed by atoms with Gasteiger partial charge in [0, 0.05) is 31.1 Å². The molecule has 34 heavy (non-hydrogen) atoms. The number of halogens is 1. The Hall–Kier alpha value is -3.10.